The summed E-state index contributed by atoms with van der Waals surface area (Å²) in [5, 5.41) is 3.19. The molecule has 3 rings (SSSR count). The number of amides is 1. The van der Waals surface area contributed by atoms with Crippen LogP contribution in [0.15, 0.2) is 24.3 Å². The van der Waals surface area contributed by atoms with Crippen LogP contribution in [-0.2, 0) is 9.47 Å². The first-order chi connectivity index (χ1) is 12.9. The Morgan fingerprint density at radius 3 is 2.89 bits per heavy atom. The Morgan fingerprint density at radius 1 is 1.37 bits per heavy atom. The molecule has 1 atom stereocenters. The average Bonchev–Trinajstić information content (AvgIpc) is 3.00. The number of esters is 1. The SMILES string of the molecule is Cc1cc(NC(=O)c2ccc(F)cc2Cl)sc1C(=O)OCC1CCCCO1. The Bertz CT molecular complexity index is 848. The normalized spacial score (nSPS) is 16.8. The predicted octanol–water partition coefficient (Wildman–Crippen LogP) is 4.83. The number of carbonyl (C=O) groups is 2. The molecule has 0 saturated carbocycles. The number of anilines is 1. The van der Waals surface area contributed by atoms with Crippen LogP contribution in [0.3, 0.4) is 0 Å². The van der Waals surface area contributed by atoms with E-state index in [1.54, 1.807) is 13.0 Å². The molecule has 1 aliphatic rings. The minimum Gasteiger partial charge on any atom is -0.459 e. The van der Waals surface area contributed by atoms with E-state index in [2.05, 4.69) is 5.32 Å². The summed E-state index contributed by atoms with van der Waals surface area (Å²) in [5.74, 6) is -1.43. The van der Waals surface area contributed by atoms with Crippen molar-refractivity contribution < 1.29 is 23.5 Å². The van der Waals surface area contributed by atoms with Crippen molar-refractivity contribution in [3.63, 3.8) is 0 Å². The van der Waals surface area contributed by atoms with Crippen LogP contribution in [0.4, 0.5) is 9.39 Å². The van der Waals surface area contributed by atoms with Gasteiger partial charge in [0.2, 0.25) is 0 Å². The number of carbonyl (C=O) groups excluding carboxylic acids is 2. The van der Waals surface area contributed by atoms with E-state index in [1.807, 2.05) is 0 Å². The van der Waals surface area contributed by atoms with Crippen molar-refractivity contribution >= 4 is 39.8 Å². The van der Waals surface area contributed by atoms with Gasteiger partial charge in [-0.25, -0.2) is 9.18 Å². The molecule has 1 N–H and O–H groups in total. The van der Waals surface area contributed by atoms with Crippen molar-refractivity contribution in [2.24, 2.45) is 0 Å². The summed E-state index contributed by atoms with van der Waals surface area (Å²) in [6.45, 7) is 2.69. The summed E-state index contributed by atoms with van der Waals surface area (Å²) in [6, 6.07) is 5.24. The minimum atomic E-state index is -0.518. The third kappa shape index (κ3) is 5.06. The fourth-order valence-corrected chi connectivity index (χ4v) is 3.99. The summed E-state index contributed by atoms with van der Waals surface area (Å²) in [5.41, 5.74) is 0.859. The van der Waals surface area contributed by atoms with E-state index < -0.39 is 17.7 Å². The minimum absolute atomic E-state index is 0.0212. The fraction of sp³-hybridized carbons (Fsp3) is 0.368. The lowest BCUT2D eigenvalue weighted by Gasteiger charge is -2.21. The highest BCUT2D eigenvalue weighted by molar-refractivity contribution is 7.18. The first kappa shape index (κ1) is 19.8. The lowest BCUT2D eigenvalue weighted by atomic mass is 10.1. The topological polar surface area (TPSA) is 64.6 Å². The van der Waals surface area contributed by atoms with Crippen LogP contribution >= 0.6 is 22.9 Å². The number of nitrogens with one attached hydrogen (secondary N) is 1. The second-order valence-corrected chi connectivity index (χ2v) is 7.75. The van der Waals surface area contributed by atoms with Gasteiger partial charge in [-0.05, 0) is 56.0 Å². The summed E-state index contributed by atoms with van der Waals surface area (Å²) in [4.78, 5) is 25.1. The highest BCUT2D eigenvalue weighted by Gasteiger charge is 2.20. The molecule has 144 valence electrons. The molecule has 2 aromatic rings. The molecule has 1 saturated heterocycles. The van der Waals surface area contributed by atoms with Crippen LogP contribution in [0.25, 0.3) is 0 Å². The molecule has 0 bridgehead atoms. The maximum absolute atomic E-state index is 13.1. The number of benzene rings is 1. The van der Waals surface area contributed by atoms with Gasteiger partial charge in [0.1, 0.15) is 17.3 Å². The summed E-state index contributed by atoms with van der Waals surface area (Å²) in [7, 11) is 0. The van der Waals surface area contributed by atoms with Crippen LogP contribution in [0, 0.1) is 12.7 Å². The monoisotopic (exact) mass is 411 g/mol. The maximum atomic E-state index is 13.1. The number of rotatable bonds is 5. The first-order valence-corrected chi connectivity index (χ1v) is 9.79. The Morgan fingerprint density at radius 2 is 2.19 bits per heavy atom. The van der Waals surface area contributed by atoms with E-state index in [9.17, 15) is 14.0 Å². The van der Waals surface area contributed by atoms with E-state index in [-0.39, 0.29) is 23.3 Å². The van der Waals surface area contributed by atoms with E-state index >= 15 is 0 Å². The predicted molar refractivity (Wildman–Crippen MR) is 102 cm³/mol. The van der Waals surface area contributed by atoms with Gasteiger partial charge >= 0.3 is 5.97 Å². The zero-order chi connectivity index (χ0) is 19.4. The fourth-order valence-electron chi connectivity index (χ4n) is 2.77. The zero-order valence-corrected chi connectivity index (χ0v) is 16.3. The van der Waals surface area contributed by atoms with E-state index in [0.29, 0.717) is 22.0 Å². The van der Waals surface area contributed by atoms with Gasteiger partial charge in [-0.2, -0.15) is 0 Å². The lowest BCUT2D eigenvalue weighted by Crippen LogP contribution is -2.25. The van der Waals surface area contributed by atoms with Crippen molar-refractivity contribution in [3.8, 4) is 0 Å². The Kier molecular flexibility index (Phi) is 6.46. The van der Waals surface area contributed by atoms with Crippen molar-refractivity contribution in [2.75, 3.05) is 18.5 Å². The standard InChI is InChI=1S/C19H19ClFNO4S/c1-11-8-16(22-18(23)14-6-5-12(21)9-15(14)20)27-17(11)19(24)26-10-13-4-2-3-7-25-13/h5-6,8-9,13H,2-4,7,10H2,1H3,(H,22,23). The number of aryl methyl sites for hydroxylation is 1. The van der Waals surface area contributed by atoms with Gasteiger partial charge in [0.05, 0.1) is 21.7 Å². The average molecular weight is 412 g/mol. The van der Waals surface area contributed by atoms with Crippen LogP contribution in [0.2, 0.25) is 5.02 Å². The molecule has 1 aromatic carbocycles. The molecule has 1 fully saturated rings. The van der Waals surface area contributed by atoms with Gasteiger partial charge < -0.3 is 14.8 Å². The molecule has 0 aliphatic carbocycles. The van der Waals surface area contributed by atoms with Gasteiger partial charge in [0.15, 0.2) is 0 Å². The second kappa shape index (κ2) is 8.82. The Labute approximate surface area is 165 Å². The van der Waals surface area contributed by atoms with Gasteiger partial charge in [-0.3, -0.25) is 4.79 Å². The molecular weight excluding hydrogens is 393 g/mol. The molecular formula is C19H19ClFNO4S. The molecule has 1 amide bonds. The number of hydrogen-bond acceptors (Lipinski definition) is 5. The van der Waals surface area contributed by atoms with Crippen molar-refractivity contribution in [1.29, 1.82) is 0 Å². The summed E-state index contributed by atoms with van der Waals surface area (Å²) in [6.07, 6.45) is 2.94. The highest BCUT2D eigenvalue weighted by atomic mass is 35.5. The molecule has 0 radical (unpaired) electrons. The molecule has 1 aliphatic heterocycles. The molecule has 5 nitrogen and oxygen atoms in total. The first-order valence-electron chi connectivity index (χ1n) is 8.59. The smallest absolute Gasteiger partial charge is 0.348 e. The molecule has 1 unspecified atom stereocenters. The summed E-state index contributed by atoms with van der Waals surface area (Å²) >= 11 is 7.03. The van der Waals surface area contributed by atoms with E-state index in [0.717, 1.165) is 42.7 Å². The molecule has 2 heterocycles. The molecule has 27 heavy (non-hydrogen) atoms. The van der Waals surface area contributed by atoms with Crippen LogP contribution < -0.4 is 5.32 Å². The largest absolute Gasteiger partial charge is 0.459 e. The van der Waals surface area contributed by atoms with Crippen molar-refractivity contribution in [2.45, 2.75) is 32.3 Å². The van der Waals surface area contributed by atoms with Crippen molar-refractivity contribution in [3.05, 3.63) is 51.1 Å². The van der Waals surface area contributed by atoms with Crippen LogP contribution in [0.5, 0.6) is 0 Å². The number of ether oxygens (including phenoxy) is 2. The Hall–Kier alpha value is -1.96. The highest BCUT2D eigenvalue weighted by Crippen LogP contribution is 2.29. The molecule has 0 spiro atoms. The lowest BCUT2D eigenvalue weighted by molar-refractivity contribution is -0.0298. The van der Waals surface area contributed by atoms with Gasteiger partial charge in [-0.15, -0.1) is 11.3 Å². The third-order valence-corrected chi connectivity index (χ3v) is 5.64. The number of hydrogen-bond donors (Lipinski definition) is 1. The van der Waals surface area contributed by atoms with Crippen molar-refractivity contribution in [1.82, 2.24) is 0 Å². The van der Waals surface area contributed by atoms with Gasteiger partial charge in [0.25, 0.3) is 5.91 Å². The second-order valence-electron chi connectivity index (χ2n) is 6.29. The molecule has 1 aromatic heterocycles. The number of thiophene rings is 1. The zero-order valence-electron chi connectivity index (χ0n) is 14.7. The third-order valence-electron chi connectivity index (χ3n) is 4.19. The summed E-state index contributed by atoms with van der Waals surface area (Å²) < 4.78 is 24.0. The van der Waals surface area contributed by atoms with Crippen LogP contribution in [-0.4, -0.2) is 31.2 Å². The van der Waals surface area contributed by atoms with E-state index in [1.165, 1.54) is 6.07 Å². The van der Waals surface area contributed by atoms with E-state index in [4.69, 9.17) is 21.1 Å². The van der Waals surface area contributed by atoms with Gasteiger partial charge in [0, 0.05) is 6.61 Å². The maximum Gasteiger partial charge on any atom is 0.348 e. The van der Waals surface area contributed by atoms with Crippen LogP contribution in [0.1, 0.15) is 44.9 Å². The number of halogens is 2. The quantitative estimate of drug-likeness (QED) is 0.716. The Balaban J connectivity index is 1.63. The molecule has 8 heteroatoms. The van der Waals surface area contributed by atoms with Gasteiger partial charge in [-0.1, -0.05) is 11.6 Å².